The van der Waals surface area contributed by atoms with Crippen molar-refractivity contribution >= 4 is 17.3 Å². The largest absolute Gasteiger partial charge is 0.494 e. The molecule has 0 bridgehead atoms. The van der Waals surface area contributed by atoms with Crippen molar-refractivity contribution in [1.29, 1.82) is 0 Å². The molecular formula is C14H19N3O2. The average Bonchev–Trinajstić information content (AvgIpc) is 2.47. The molecule has 0 aliphatic carbocycles. The highest BCUT2D eigenvalue weighted by molar-refractivity contribution is 6.07. The zero-order chi connectivity index (χ0) is 13.4. The number of ether oxygens (including phenoxy) is 1. The monoisotopic (exact) mass is 261 g/mol. The van der Waals surface area contributed by atoms with Crippen molar-refractivity contribution in [2.45, 2.75) is 13.0 Å². The number of para-hydroxylation sites is 1. The SMILES string of the molecule is CCN1C(=O)C2CNCCN2c2cccc(OC)c21. The molecule has 102 valence electrons. The summed E-state index contributed by atoms with van der Waals surface area (Å²) in [6.45, 7) is 5.14. The van der Waals surface area contributed by atoms with Crippen molar-refractivity contribution in [2.75, 3.05) is 43.1 Å². The molecule has 2 heterocycles. The first-order valence-electron chi connectivity index (χ1n) is 6.73. The van der Waals surface area contributed by atoms with E-state index in [1.165, 1.54) is 0 Å². The minimum absolute atomic E-state index is 0.0895. The van der Waals surface area contributed by atoms with Gasteiger partial charge in [-0.3, -0.25) is 4.79 Å². The Morgan fingerprint density at radius 2 is 2.32 bits per heavy atom. The molecule has 0 spiro atoms. The lowest BCUT2D eigenvalue weighted by atomic mass is 10.0. The van der Waals surface area contributed by atoms with E-state index in [1.54, 1.807) is 7.11 Å². The van der Waals surface area contributed by atoms with Crippen LogP contribution in [0.4, 0.5) is 11.4 Å². The number of piperazine rings is 1. The van der Waals surface area contributed by atoms with Crippen molar-refractivity contribution in [3.05, 3.63) is 18.2 Å². The van der Waals surface area contributed by atoms with Crippen LogP contribution in [0, 0.1) is 0 Å². The predicted molar refractivity (Wildman–Crippen MR) is 75.0 cm³/mol. The highest BCUT2D eigenvalue weighted by atomic mass is 16.5. The van der Waals surface area contributed by atoms with Crippen LogP contribution < -0.4 is 19.9 Å². The van der Waals surface area contributed by atoms with Gasteiger partial charge < -0.3 is 19.9 Å². The third kappa shape index (κ3) is 1.76. The van der Waals surface area contributed by atoms with Crippen LogP contribution in [0.3, 0.4) is 0 Å². The molecule has 5 heteroatoms. The first-order valence-corrected chi connectivity index (χ1v) is 6.73. The van der Waals surface area contributed by atoms with Gasteiger partial charge in [0.15, 0.2) is 0 Å². The molecule has 3 rings (SSSR count). The van der Waals surface area contributed by atoms with Crippen molar-refractivity contribution in [1.82, 2.24) is 5.32 Å². The Morgan fingerprint density at radius 3 is 3.05 bits per heavy atom. The molecule has 1 aromatic rings. The summed E-state index contributed by atoms with van der Waals surface area (Å²) in [4.78, 5) is 16.6. The number of hydrogen-bond donors (Lipinski definition) is 1. The lowest BCUT2D eigenvalue weighted by Crippen LogP contribution is -2.61. The summed E-state index contributed by atoms with van der Waals surface area (Å²) in [6.07, 6.45) is 0. The van der Waals surface area contributed by atoms with Gasteiger partial charge >= 0.3 is 0 Å². The van der Waals surface area contributed by atoms with E-state index in [4.69, 9.17) is 4.74 Å². The molecule has 2 aliphatic heterocycles. The van der Waals surface area contributed by atoms with Crippen LogP contribution in [0.25, 0.3) is 0 Å². The van der Waals surface area contributed by atoms with Gasteiger partial charge in [0, 0.05) is 26.2 Å². The number of hydrogen-bond acceptors (Lipinski definition) is 4. The smallest absolute Gasteiger partial charge is 0.251 e. The number of fused-ring (bicyclic) bond motifs is 3. The van der Waals surface area contributed by atoms with Crippen molar-refractivity contribution in [2.24, 2.45) is 0 Å². The summed E-state index contributed by atoms with van der Waals surface area (Å²) < 4.78 is 5.44. The number of nitrogens with zero attached hydrogens (tertiary/aromatic N) is 2. The van der Waals surface area contributed by atoms with Crippen LogP contribution >= 0.6 is 0 Å². The van der Waals surface area contributed by atoms with E-state index in [0.717, 1.165) is 30.2 Å². The van der Waals surface area contributed by atoms with E-state index in [2.05, 4.69) is 16.3 Å². The Labute approximate surface area is 113 Å². The molecule has 19 heavy (non-hydrogen) atoms. The van der Waals surface area contributed by atoms with Gasteiger partial charge in [-0.1, -0.05) is 6.07 Å². The van der Waals surface area contributed by atoms with E-state index in [0.29, 0.717) is 13.1 Å². The van der Waals surface area contributed by atoms with Crippen LogP contribution in [0.2, 0.25) is 0 Å². The number of likely N-dealkylation sites (N-methyl/N-ethyl adjacent to an activating group) is 1. The second-order valence-electron chi connectivity index (χ2n) is 4.82. The molecule has 1 unspecified atom stereocenters. The standard InChI is InChI=1S/C14H19N3O2/c1-3-16-13-10(5-4-6-12(13)19-2)17-8-7-15-9-11(17)14(16)18/h4-6,11,15H,3,7-9H2,1-2H3. The van der Waals surface area contributed by atoms with Crippen LogP contribution in [0.15, 0.2) is 18.2 Å². The second-order valence-corrected chi connectivity index (χ2v) is 4.82. The number of rotatable bonds is 2. The topological polar surface area (TPSA) is 44.8 Å². The summed E-state index contributed by atoms with van der Waals surface area (Å²) in [7, 11) is 1.65. The predicted octanol–water partition coefficient (Wildman–Crippen LogP) is 0.840. The maximum absolute atomic E-state index is 12.6. The van der Waals surface area contributed by atoms with E-state index in [9.17, 15) is 4.79 Å². The minimum Gasteiger partial charge on any atom is -0.494 e. The maximum Gasteiger partial charge on any atom is 0.251 e. The summed E-state index contributed by atoms with van der Waals surface area (Å²) >= 11 is 0. The fourth-order valence-electron chi connectivity index (χ4n) is 3.00. The average molecular weight is 261 g/mol. The third-order valence-corrected chi connectivity index (χ3v) is 3.89. The van der Waals surface area contributed by atoms with E-state index < -0.39 is 0 Å². The molecule has 0 aromatic heterocycles. The molecule has 1 N–H and O–H groups in total. The molecule has 5 nitrogen and oxygen atoms in total. The molecule has 0 radical (unpaired) electrons. The third-order valence-electron chi connectivity index (χ3n) is 3.89. The van der Waals surface area contributed by atoms with E-state index >= 15 is 0 Å². The first-order chi connectivity index (χ1) is 9.27. The Morgan fingerprint density at radius 1 is 1.47 bits per heavy atom. The fraction of sp³-hybridized carbons (Fsp3) is 0.500. The molecule has 1 atom stereocenters. The van der Waals surface area contributed by atoms with Gasteiger partial charge in [-0.25, -0.2) is 0 Å². The van der Waals surface area contributed by atoms with Crippen molar-refractivity contribution in [3.63, 3.8) is 0 Å². The molecular weight excluding hydrogens is 242 g/mol. The molecule has 2 aliphatic rings. The summed E-state index contributed by atoms with van der Waals surface area (Å²) in [6, 6.07) is 5.89. The normalized spacial score (nSPS) is 22.0. The van der Waals surface area contributed by atoms with Gasteiger partial charge in [0.2, 0.25) is 0 Å². The summed E-state index contributed by atoms with van der Waals surface area (Å²) in [5, 5.41) is 3.30. The van der Waals surface area contributed by atoms with Gasteiger partial charge in [-0.15, -0.1) is 0 Å². The van der Waals surface area contributed by atoms with E-state index in [-0.39, 0.29) is 11.9 Å². The number of carbonyl (C=O) groups is 1. The first kappa shape index (κ1) is 12.3. The fourth-order valence-corrected chi connectivity index (χ4v) is 3.00. The van der Waals surface area contributed by atoms with Crippen LogP contribution in [0.5, 0.6) is 5.75 Å². The second kappa shape index (κ2) is 4.74. The molecule has 1 aromatic carbocycles. The maximum atomic E-state index is 12.6. The van der Waals surface area contributed by atoms with Crippen LogP contribution in [0.1, 0.15) is 6.92 Å². The zero-order valence-corrected chi connectivity index (χ0v) is 11.3. The number of nitrogens with one attached hydrogen (secondary N) is 1. The van der Waals surface area contributed by atoms with Gasteiger partial charge in [0.1, 0.15) is 17.5 Å². The Kier molecular flexibility index (Phi) is 3.06. The number of anilines is 2. The lowest BCUT2D eigenvalue weighted by molar-refractivity contribution is -0.120. The number of benzene rings is 1. The van der Waals surface area contributed by atoms with Gasteiger partial charge in [-0.05, 0) is 19.1 Å². The van der Waals surface area contributed by atoms with Crippen LogP contribution in [-0.4, -0.2) is 45.2 Å². The molecule has 1 fully saturated rings. The lowest BCUT2D eigenvalue weighted by Gasteiger charge is -2.45. The van der Waals surface area contributed by atoms with Crippen LogP contribution in [-0.2, 0) is 4.79 Å². The Hall–Kier alpha value is -1.75. The number of amides is 1. The van der Waals surface area contributed by atoms with E-state index in [1.807, 2.05) is 24.0 Å². The van der Waals surface area contributed by atoms with Gasteiger partial charge in [-0.2, -0.15) is 0 Å². The molecule has 0 saturated carbocycles. The van der Waals surface area contributed by atoms with Crippen molar-refractivity contribution < 1.29 is 9.53 Å². The molecule has 1 saturated heterocycles. The van der Waals surface area contributed by atoms with Crippen molar-refractivity contribution in [3.8, 4) is 5.75 Å². The highest BCUT2D eigenvalue weighted by Crippen LogP contribution is 2.42. The van der Waals surface area contributed by atoms with Gasteiger partial charge in [0.05, 0.1) is 12.8 Å². The molecule has 1 amide bonds. The number of methoxy groups -OCH3 is 1. The highest BCUT2D eigenvalue weighted by Gasteiger charge is 2.40. The summed E-state index contributed by atoms with van der Waals surface area (Å²) in [5.74, 6) is 0.927. The quantitative estimate of drug-likeness (QED) is 0.857. The minimum atomic E-state index is -0.0895. The summed E-state index contributed by atoms with van der Waals surface area (Å²) in [5.41, 5.74) is 2.02. The Bertz CT molecular complexity index is 503. The van der Waals surface area contributed by atoms with Gasteiger partial charge in [0.25, 0.3) is 5.91 Å². The number of carbonyl (C=O) groups excluding carboxylic acids is 1. The zero-order valence-electron chi connectivity index (χ0n) is 11.3. The Balaban J connectivity index is 2.15.